The lowest BCUT2D eigenvalue weighted by Crippen LogP contribution is -2.38. The van der Waals surface area contributed by atoms with Crippen LogP contribution in [0.3, 0.4) is 0 Å². The van der Waals surface area contributed by atoms with Crippen molar-refractivity contribution in [1.29, 1.82) is 0 Å². The standard InChI is InChI=1S/C19H22BrN3O.2ClH/c20-16-8-4-5-9-18(16)23-11-10-15(13-23)22-19(24)12-17(21)14-6-2-1-3-7-14;;/h1-9,15,17H,10-13,21H2,(H,22,24);2*1H. The highest BCUT2D eigenvalue weighted by Gasteiger charge is 2.25. The summed E-state index contributed by atoms with van der Waals surface area (Å²) in [6.45, 7) is 1.77. The number of rotatable bonds is 5. The van der Waals surface area contributed by atoms with Gasteiger partial charge in [0.2, 0.25) is 5.91 Å². The SMILES string of the molecule is Cl.Cl.NC(CC(=O)NC1CCN(c2ccccc2Br)C1)c1ccccc1. The van der Waals surface area contributed by atoms with Gasteiger partial charge in [-0.15, -0.1) is 24.8 Å². The number of carbonyl (C=O) groups is 1. The largest absolute Gasteiger partial charge is 0.368 e. The van der Waals surface area contributed by atoms with E-state index in [0.717, 1.165) is 29.5 Å². The maximum absolute atomic E-state index is 12.3. The second-order valence-corrected chi connectivity index (χ2v) is 7.03. The first-order valence-corrected chi connectivity index (χ1v) is 9.02. The minimum atomic E-state index is -0.257. The molecule has 2 aromatic carbocycles. The van der Waals surface area contributed by atoms with E-state index < -0.39 is 0 Å². The molecule has 4 nitrogen and oxygen atoms in total. The highest BCUT2D eigenvalue weighted by Crippen LogP contribution is 2.28. The number of nitrogens with two attached hydrogens (primary N) is 1. The Hall–Kier alpha value is -1.27. The zero-order chi connectivity index (χ0) is 16.9. The first-order chi connectivity index (χ1) is 11.6. The summed E-state index contributed by atoms with van der Waals surface area (Å²) in [6.07, 6.45) is 1.27. The van der Waals surface area contributed by atoms with E-state index in [1.165, 1.54) is 5.69 Å². The predicted octanol–water partition coefficient (Wildman–Crippen LogP) is 4.08. The number of benzene rings is 2. The molecule has 2 atom stereocenters. The maximum atomic E-state index is 12.3. The second kappa shape index (κ2) is 10.8. The molecule has 3 N–H and O–H groups in total. The van der Waals surface area contributed by atoms with Crippen LogP contribution in [-0.2, 0) is 4.79 Å². The Bertz CT molecular complexity index is 702. The first kappa shape index (κ1) is 22.8. The number of nitrogens with zero attached hydrogens (tertiary/aromatic N) is 1. The fourth-order valence-electron chi connectivity index (χ4n) is 3.11. The number of halogens is 3. The summed E-state index contributed by atoms with van der Waals surface area (Å²) in [5.41, 5.74) is 8.30. The van der Waals surface area contributed by atoms with Gasteiger partial charge in [0.15, 0.2) is 0 Å². The smallest absolute Gasteiger partial charge is 0.222 e. The van der Waals surface area contributed by atoms with Gasteiger partial charge in [-0.2, -0.15) is 0 Å². The van der Waals surface area contributed by atoms with Crippen LogP contribution in [0.4, 0.5) is 5.69 Å². The molecular weight excluding hydrogens is 437 g/mol. The fraction of sp³-hybridized carbons (Fsp3) is 0.316. The summed E-state index contributed by atoms with van der Waals surface area (Å²) >= 11 is 3.59. The Labute approximate surface area is 175 Å². The number of nitrogens with one attached hydrogen (secondary N) is 1. The van der Waals surface area contributed by atoms with Gasteiger partial charge in [-0.1, -0.05) is 42.5 Å². The number of carbonyl (C=O) groups excluding carboxylic acids is 1. The van der Waals surface area contributed by atoms with E-state index in [4.69, 9.17) is 5.73 Å². The third-order valence-electron chi connectivity index (χ3n) is 4.38. The van der Waals surface area contributed by atoms with Gasteiger partial charge in [-0.3, -0.25) is 4.79 Å². The second-order valence-electron chi connectivity index (χ2n) is 6.17. The number of amides is 1. The molecule has 1 aliphatic rings. The number of hydrogen-bond acceptors (Lipinski definition) is 3. The molecule has 26 heavy (non-hydrogen) atoms. The quantitative estimate of drug-likeness (QED) is 0.706. The Morgan fingerprint density at radius 2 is 1.81 bits per heavy atom. The highest BCUT2D eigenvalue weighted by atomic mass is 79.9. The molecular formula is C19H24BrCl2N3O. The van der Waals surface area contributed by atoms with Gasteiger partial charge in [0.1, 0.15) is 0 Å². The van der Waals surface area contributed by atoms with Gasteiger partial charge in [0.05, 0.1) is 5.69 Å². The molecule has 2 aromatic rings. The molecule has 0 aliphatic carbocycles. The van der Waals surface area contributed by atoms with Crippen molar-refractivity contribution in [3.63, 3.8) is 0 Å². The molecule has 1 saturated heterocycles. The molecule has 1 amide bonds. The third-order valence-corrected chi connectivity index (χ3v) is 5.05. The summed E-state index contributed by atoms with van der Waals surface area (Å²) in [7, 11) is 0. The van der Waals surface area contributed by atoms with Crippen LogP contribution in [0, 0.1) is 0 Å². The molecule has 3 rings (SSSR count). The predicted molar refractivity (Wildman–Crippen MR) is 115 cm³/mol. The van der Waals surface area contributed by atoms with Crippen molar-refractivity contribution >= 4 is 52.3 Å². The van der Waals surface area contributed by atoms with Crippen molar-refractivity contribution in [1.82, 2.24) is 5.32 Å². The summed E-state index contributed by atoms with van der Waals surface area (Å²) in [6, 6.07) is 17.9. The van der Waals surface area contributed by atoms with Gasteiger partial charge < -0.3 is 16.0 Å². The highest BCUT2D eigenvalue weighted by molar-refractivity contribution is 9.10. The van der Waals surface area contributed by atoms with Crippen LogP contribution in [0.2, 0.25) is 0 Å². The summed E-state index contributed by atoms with van der Waals surface area (Å²) in [4.78, 5) is 14.6. The number of para-hydroxylation sites is 1. The van der Waals surface area contributed by atoms with Crippen LogP contribution < -0.4 is 16.0 Å². The van der Waals surface area contributed by atoms with Crippen molar-refractivity contribution in [3.8, 4) is 0 Å². The summed E-state index contributed by atoms with van der Waals surface area (Å²) < 4.78 is 1.09. The van der Waals surface area contributed by atoms with E-state index in [9.17, 15) is 4.79 Å². The Kier molecular flexibility index (Phi) is 9.44. The molecule has 0 radical (unpaired) electrons. The van der Waals surface area contributed by atoms with Gasteiger partial charge in [0, 0.05) is 36.1 Å². The van der Waals surface area contributed by atoms with E-state index in [1.54, 1.807) is 0 Å². The minimum absolute atomic E-state index is 0. The Morgan fingerprint density at radius 1 is 1.15 bits per heavy atom. The monoisotopic (exact) mass is 459 g/mol. The lowest BCUT2D eigenvalue weighted by atomic mass is 10.0. The van der Waals surface area contributed by atoms with Crippen LogP contribution in [0.15, 0.2) is 59.1 Å². The molecule has 142 valence electrons. The van der Waals surface area contributed by atoms with Crippen molar-refractivity contribution in [3.05, 3.63) is 64.6 Å². The molecule has 0 spiro atoms. The van der Waals surface area contributed by atoms with Gasteiger partial charge in [0.25, 0.3) is 0 Å². The Morgan fingerprint density at radius 3 is 2.50 bits per heavy atom. The molecule has 2 unspecified atom stereocenters. The lowest BCUT2D eigenvalue weighted by molar-refractivity contribution is -0.122. The van der Waals surface area contributed by atoms with Crippen LogP contribution in [-0.4, -0.2) is 25.0 Å². The van der Waals surface area contributed by atoms with E-state index >= 15 is 0 Å². The molecule has 0 aromatic heterocycles. The average Bonchev–Trinajstić information content (AvgIpc) is 3.04. The van der Waals surface area contributed by atoms with Crippen molar-refractivity contribution < 1.29 is 4.79 Å². The zero-order valence-corrected chi connectivity index (χ0v) is 17.5. The number of hydrogen-bond donors (Lipinski definition) is 2. The molecule has 1 heterocycles. The molecule has 0 bridgehead atoms. The topological polar surface area (TPSA) is 58.4 Å². The first-order valence-electron chi connectivity index (χ1n) is 8.23. The van der Waals surface area contributed by atoms with Crippen LogP contribution >= 0.6 is 40.7 Å². The van der Waals surface area contributed by atoms with Gasteiger partial charge >= 0.3 is 0 Å². The fourth-order valence-corrected chi connectivity index (χ4v) is 3.65. The molecule has 1 aliphatic heterocycles. The van der Waals surface area contributed by atoms with E-state index in [2.05, 4.69) is 32.2 Å². The molecule has 1 fully saturated rings. The van der Waals surface area contributed by atoms with Crippen LogP contribution in [0.1, 0.15) is 24.4 Å². The summed E-state index contributed by atoms with van der Waals surface area (Å²) in [5, 5.41) is 3.12. The normalized spacial score (nSPS) is 17.0. The molecule has 7 heteroatoms. The zero-order valence-electron chi connectivity index (χ0n) is 14.3. The minimum Gasteiger partial charge on any atom is -0.368 e. The van der Waals surface area contributed by atoms with Crippen molar-refractivity contribution in [2.45, 2.75) is 24.9 Å². The van der Waals surface area contributed by atoms with Crippen molar-refractivity contribution in [2.24, 2.45) is 5.73 Å². The average molecular weight is 461 g/mol. The van der Waals surface area contributed by atoms with E-state index in [0.29, 0.717) is 6.42 Å². The maximum Gasteiger partial charge on any atom is 0.222 e. The van der Waals surface area contributed by atoms with Gasteiger partial charge in [-0.05, 0) is 40.0 Å². The summed E-state index contributed by atoms with van der Waals surface area (Å²) in [5.74, 6) is 0.0188. The Balaban J connectivity index is 0.00000169. The van der Waals surface area contributed by atoms with Crippen molar-refractivity contribution in [2.75, 3.05) is 18.0 Å². The van der Waals surface area contributed by atoms with Crippen LogP contribution in [0.25, 0.3) is 0 Å². The number of anilines is 1. The van der Waals surface area contributed by atoms with E-state index in [-0.39, 0.29) is 42.8 Å². The van der Waals surface area contributed by atoms with E-state index in [1.807, 2.05) is 48.5 Å². The molecule has 0 saturated carbocycles. The van der Waals surface area contributed by atoms with Gasteiger partial charge in [-0.25, -0.2) is 0 Å². The lowest BCUT2D eigenvalue weighted by Gasteiger charge is -2.20. The third kappa shape index (κ3) is 5.88. The van der Waals surface area contributed by atoms with Crippen LogP contribution in [0.5, 0.6) is 0 Å².